The van der Waals surface area contributed by atoms with Gasteiger partial charge in [0, 0.05) is 42.8 Å². The number of nitrogens with zero attached hydrogens (tertiary/aromatic N) is 2. The normalized spacial score (nSPS) is 14.1. The zero-order chi connectivity index (χ0) is 19.2. The van der Waals surface area contributed by atoms with Crippen LogP contribution in [0.2, 0.25) is 0 Å². The van der Waals surface area contributed by atoms with Crippen molar-refractivity contribution in [1.29, 1.82) is 0 Å². The van der Waals surface area contributed by atoms with E-state index in [9.17, 15) is 14.0 Å². The minimum absolute atomic E-state index is 0.0363. The Morgan fingerprint density at radius 3 is 2.48 bits per heavy atom. The Bertz CT molecular complexity index is 807. The molecular formula is C20H21BrFN3O2. The summed E-state index contributed by atoms with van der Waals surface area (Å²) in [5.41, 5.74) is 1.14. The van der Waals surface area contributed by atoms with Gasteiger partial charge >= 0.3 is 0 Å². The largest absolute Gasteiger partial charge is 0.339 e. The van der Waals surface area contributed by atoms with E-state index in [1.807, 2.05) is 24.3 Å². The van der Waals surface area contributed by atoms with Crippen molar-refractivity contribution in [2.75, 3.05) is 32.7 Å². The Hall–Kier alpha value is -2.25. The number of benzene rings is 2. The highest BCUT2D eigenvalue weighted by atomic mass is 79.9. The standard InChI is InChI=1S/C20H21BrFN3O2/c21-17-6-4-15(5-7-17)13-25(14-19(26)24-10-8-23-9-11-24)20(27)16-2-1-3-18(22)12-16/h1-7,12,23H,8-11,13-14H2. The smallest absolute Gasteiger partial charge is 0.254 e. The monoisotopic (exact) mass is 433 g/mol. The van der Waals surface area contributed by atoms with Crippen LogP contribution in [-0.2, 0) is 11.3 Å². The number of hydrogen-bond donors (Lipinski definition) is 1. The van der Waals surface area contributed by atoms with Crippen molar-refractivity contribution in [3.05, 3.63) is 69.9 Å². The third kappa shape index (κ3) is 5.37. The van der Waals surface area contributed by atoms with Crippen LogP contribution in [0, 0.1) is 5.82 Å². The number of carbonyl (C=O) groups excluding carboxylic acids is 2. The van der Waals surface area contributed by atoms with Crippen LogP contribution < -0.4 is 5.32 Å². The van der Waals surface area contributed by atoms with Crippen LogP contribution in [0.5, 0.6) is 0 Å². The molecular weight excluding hydrogens is 413 g/mol. The molecule has 2 amide bonds. The predicted octanol–water partition coefficient (Wildman–Crippen LogP) is 2.66. The zero-order valence-electron chi connectivity index (χ0n) is 14.8. The summed E-state index contributed by atoms with van der Waals surface area (Å²) in [6, 6.07) is 13.1. The number of piperazine rings is 1. The molecule has 0 unspecified atom stereocenters. The lowest BCUT2D eigenvalue weighted by atomic mass is 10.1. The number of hydrogen-bond acceptors (Lipinski definition) is 3. The van der Waals surface area contributed by atoms with Crippen molar-refractivity contribution in [1.82, 2.24) is 15.1 Å². The van der Waals surface area contributed by atoms with Crippen molar-refractivity contribution < 1.29 is 14.0 Å². The molecule has 1 heterocycles. The summed E-state index contributed by atoms with van der Waals surface area (Å²) in [5, 5.41) is 3.20. The molecule has 0 bridgehead atoms. The molecule has 0 saturated carbocycles. The molecule has 3 rings (SSSR count). The number of rotatable bonds is 5. The number of carbonyl (C=O) groups is 2. The van der Waals surface area contributed by atoms with E-state index in [-0.39, 0.29) is 30.5 Å². The van der Waals surface area contributed by atoms with Gasteiger partial charge in [0.25, 0.3) is 5.91 Å². The van der Waals surface area contributed by atoms with Crippen molar-refractivity contribution in [2.45, 2.75) is 6.54 Å². The lowest BCUT2D eigenvalue weighted by Crippen LogP contribution is -2.50. The van der Waals surface area contributed by atoms with Gasteiger partial charge in [0.05, 0.1) is 0 Å². The van der Waals surface area contributed by atoms with Gasteiger partial charge < -0.3 is 15.1 Å². The van der Waals surface area contributed by atoms with Gasteiger partial charge in [0.15, 0.2) is 0 Å². The fourth-order valence-corrected chi connectivity index (χ4v) is 3.26. The van der Waals surface area contributed by atoms with Crippen LogP contribution in [0.1, 0.15) is 15.9 Å². The maximum absolute atomic E-state index is 13.6. The average Bonchev–Trinajstić information content (AvgIpc) is 2.69. The first kappa shape index (κ1) is 19.5. The molecule has 2 aromatic rings. The highest BCUT2D eigenvalue weighted by Crippen LogP contribution is 2.15. The molecule has 1 aliphatic rings. The van der Waals surface area contributed by atoms with Crippen molar-refractivity contribution in [3.8, 4) is 0 Å². The third-order valence-electron chi connectivity index (χ3n) is 4.44. The molecule has 0 aliphatic carbocycles. The van der Waals surface area contributed by atoms with E-state index in [2.05, 4.69) is 21.2 Å². The van der Waals surface area contributed by atoms with E-state index in [4.69, 9.17) is 0 Å². The van der Waals surface area contributed by atoms with Gasteiger partial charge in [0.1, 0.15) is 12.4 Å². The molecule has 0 radical (unpaired) electrons. The van der Waals surface area contributed by atoms with Gasteiger partial charge in [0.2, 0.25) is 5.91 Å². The van der Waals surface area contributed by atoms with Gasteiger partial charge in [-0.15, -0.1) is 0 Å². The molecule has 1 aliphatic heterocycles. The lowest BCUT2D eigenvalue weighted by molar-refractivity contribution is -0.132. The van der Waals surface area contributed by atoms with Crippen LogP contribution in [0.15, 0.2) is 53.0 Å². The van der Waals surface area contributed by atoms with E-state index in [0.717, 1.165) is 23.1 Å². The van der Waals surface area contributed by atoms with Crippen LogP contribution in [0.25, 0.3) is 0 Å². The highest BCUT2D eigenvalue weighted by Gasteiger charge is 2.23. The summed E-state index contributed by atoms with van der Waals surface area (Å²) in [4.78, 5) is 28.9. The van der Waals surface area contributed by atoms with Crippen LogP contribution in [0.3, 0.4) is 0 Å². The second-order valence-electron chi connectivity index (χ2n) is 6.43. The van der Waals surface area contributed by atoms with Crippen molar-refractivity contribution >= 4 is 27.7 Å². The highest BCUT2D eigenvalue weighted by molar-refractivity contribution is 9.10. The van der Waals surface area contributed by atoms with Gasteiger partial charge in [-0.25, -0.2) is 4.39 Å². The van der Waals surface area contributed by atoms with Crippen molar-refractivity contribution in [3.63, 3.8) is 0 Å². The van der Waals surface area contributed by atoms with Gasteiger partial charge in [-0.05, 0) is 35.9 Å². The first-order valence-corrected chi connectivity index (χ1v) is 9.60. The Kier molecular flexibility index (Phi) is 6.58. The van der Waals surface area contributed by atoms with Crippen LogP contribution in [-0.4, -0.2) is 54.3 Å². The molecule has 1 saturated heterocycles. The van der Waals surface area contributed by atoms with Gasteiger partial charge in [-0.3, -0.25) is 9.59 Å². The van der Waals surface area contributed by atoms with Crippen molar-refractivity contribution in [2.24, 2.45) is 0 Å². The molecule has 142 valence electrons. The third-order valence-corrected chi connectivity index (χ3v) is 4.97. The Morgan fingerprint density at radius 2 is 1.81 bits per heavy atom. The topological polar surface area (TPSA) is 52.7 Å². The Balaban J connectivity index is 1.79. The zero-order valence-corrected chi connectivity index (χ0v) is 16.4. The maximum Gasteiger partial charge on any atom is 0.254 e. The second kappa shape index (κ2) is 9.10. The van der Waals surface area contributed by atoms with E-state index >= 15 is 0 Å². The molecule has 1 N–H and O–H groups in total. The summed E-state index contributed by atoms with van der Waals surface area (Å²) in [7, 11) is 0. The number of amides is 2. The molecule has 0 atom stereocenters. The summed E-state index contributed by atoms with van der Waals surface area (Å²) in [5.74, 6) is -0.933. The van der Waals surface area contributed by atoms with E-state index < -0.39 is 5.82 Å². The Labute approximate surface area is 166 Å². The quantitative estimate of drug-likeness (QED) is 0.788. The molecule has 27 heavy (non-hydrogen) atoms. The first-order valence-electron chi connectivity index (χ1n) is 8.81. The molecule has 5 nitrogen and oxygen atoms in total. The predicted molar refractivity (Wildman–Crippen MR) is 105 cm³/mol. The number of halogens is 2. The maximum atomic E-state index is 13.6. The number of nitrogens with one attached hydrogen (secondary N) is 1. The lowest BCUT2D eigenvalue weighted by Gasteiger charge is -2.30. The molecule has 1 fully saturated rings. The fourth-order valence-electron chi connectivity index (χ4n) is 2.99. The summed E-state index contributed by atoms with van der Waals surface area (Å²) in [6.45, 7) is 2.98. The molecule has 7 heteroatoms. The van der Waals surface area contributed by atoms with E-state index in [1.165, 1.54) is 23.1 Å². The molecule has 2 aromatic carbocycles. The SMILES string of the molecule is O=C(CN(Cc1ccc(Br)cc1)C(=O)c1cccc(F)c1)N1CCNCC1. The van der Waals surface area contributed by atoms with Gasteiger partial charge in [-0.1, -0.05) is 34.1 Å². The van der Waals surface area contributed by atoms with Crippen LogP contribution >= 0.6 is 15.9 Å². The summed E-state index contributed by atoms with van der Waals surface area (Å²) < 4.78 is 14.5. The summed E-state index contributed by atoms with van der Waals surface area (Å²) >= 11 is 3.39. The molecule has 0 spiro atoms. The van der Waals surface area contributed by atoms with Crippen LogP contribution in [0.4, 0.5) is 4.39 Å². The average molecular weight is 434 g/mol. The first-order chi connectivity index (χ1) is 13.0. The minimum atomic E-state index is -0.474. The Morgan fingerprint density at radius 1 is 1.11 bits per heavy atom. The fraction of sp³-hybridized carbons (Fsp3) is 0.300. The molecule has 0 aromatic heterocycles. The summed E-state index contributed by atoms with van der Waals surface area (Å²) in [6.07, 6.45) is 0. The van der Waals surface area contributed by atoms with E-state index in [0.29, 0.717) is 13.1 Å². The second-order valence-corrected chi connectivity index (χ2v) is 7.34. The minimum Gasteiger partial charge on any atom is -0.339 e. The van der Waals surface area contributed by atoms with Gasteiger partial charge in [-0.2, -0.15) is 0 Å². The van der Waals surface area contributed by atoms with E-state index in [1.54, 1.807) is 11.0 Å².